The first-order valence-corrected chi connectivity index (χ1v) is 54.2. The fourth-order valence-electron chi connectivity index (χ4n) is 19.4. The zero-order valence-electron chi connectivity index (χ0n) is 91.6. The van der Waals surface area contributed by atoms with Crippen LogP contribution in [0.5, 0.6) is 0 Å². The van der Waals surface area contributed by atoms with Gasteiger partial charge in [-0.2, -0.15) is 11.1 Å². The molecule has 0 spiro atoms. The van der Waals surface area contributed by atoms with Gasteiger partial charge in [0.15, 0.2) is 102 Å². The van der Waals surface area contributed by atoms with Crippen molar-refractivity contribution < 1.29 is 306 Å². The van der Waals surface area contributed by atoms with Crippen molar-refractivity contribution >= 4 is 34.8 Å². The number of hydrogen-bond donors (Lipinski definition) is 9. The molecule has 0 amide bonds. The summed E-state index contributed by atoms with van der Waals surface area (Å²) in [4.78, 5) is 9.00. The standard InChI is InChI=1S/C16H19ClSi.C13H22O6.C12H20O6.2C11H20O5.2C10H18O6.C9H16O5.C2H4O2.CH4O.IO4.2Na.2H2O/c1-16(2,3)18(17,14-10-6-4-7-11-14)15-12-8-5-9-13-15;1-12(2)15-6-7(17-12)8-9(14-5)10-11(16-8)19-13(3,4)18-10;1-11(2)14-5-6(16-11)8-7(13)9-10(15-8)18-12(3,4)17-9;2*1-5-11(6-12)8(13-4)7-9(16-11)15-10(2,3)14-7;1-9(2)14-6-7(13-3)10(4-11,5-12)16-8(6)15-9;1-10(2)15-8-7(13-3)6(5(12)4-11)14-9(8)16-10;1-9(2)13-6-5(10-3)7(11-4)12-8(6)14-9;1-2(3)4;1-2;2-1(3,4)5;;;;/h4-13H,1-3H3;7-11H,6H2,1-5H3;6-10,13H,5H2,1-4H3;2*7-9,12H,5-6H2,1-4H3;6-8,11-12H,4-5H2,1-3H3;5-9,11-12H,4H2,1-3H3;5-8H,1-4H3;1H3,(H,3,4);2H,1H3;;;;2*1H2/q;;;;;;;;;;-1;2*+1;;/p-1/t;7?,8-,9+,10-,11-;6?,7-,8+,9+,10+;7-,8-,9+,11+;7-,8-,9+,11-;6-,7-,8+;5?,6-,7+,8-,9-;5-,6-,7?,8-;;;;;;;/m.1011111......./s1. The van der Waals surface area contributed by atoms with E-state index in [4.69, 9.17) is 197 Å². The Morgan fingerprint density at radius 3 is 0.973 bits per heavy atom. The molecule has 30 atom stereocenters. The Morgan fingerprint density at radius 1 is 0.405 bits per heavy atom. The molecule has 18 rings (SSSR count). The first-order chi connectivity index (χ1) is 66.8. The number of aliphatic hydroxyl groups excluding tert-OH is 8. The first-order valence-electron chi connectivity index (χ1n) is 47.7. The molecule has 0 aromatic heterocycles. The third-order valence-electron chi connectivity index (χ3n) is 25.6. The molecule has 0 bridgehead atoms. The fraction of sp³-hybridized carbons (Fsp3) is 0.863. The van der Waals surface area contributed by atoms with E-state index in [1.807, 2.05) is 109 Å². The number of aliphatic carboxylic acids is 1. The fourth-order valence-corrected chi connectivity index (χ4v) is 23.6. The second-order valence-electron chi connectivity index (χ2n) is 41.3. The van der Waals surface area contributed by atoms with Gasteiger partial charge >= 0.3 is 59.1 Å². The van der Waals surface area contributed by atoms with Gasteiger partial charge in [-0.3, -0.25) is 18.5 Å². The van der Waals surface area contributed by atoms with Crippen LogP contribution in [0.2, 0.25) is 5.04 Å². The molecule has 0 aliphatic carbocycles. The molecule has 0 saturated carbocycles. The summed E-state index contributed by atoms with van der Waals surface area (Å²) in [6, 6.07) is 21.1. The monoisotopic (exact) mass is 2310 g/mol. The molecule has 0 radical (unpaired) electrons. The van der Waals surface area contributed by atoms with Crippen molar-refractivity contribution in [1.82, 2.24) is 0 Å². The van der Waals surface area contributed by atoms with Crippen molar-refractivity contribution in [2.75, 3.05) is 103 Å². The number of halogens is 2. The maximum Gasteiger partial charge on any atom is 1.00 e. The molecular weight excluding hydrogens is 2150 g/mol. The predicted octanol–water partition coefficient (Wildman–Crippen LogP) is -9.61. The number of benzene rings is 2. The summed E-state index contributed by atoms with van der Waals surface area (Å²) in [7, 11) is 9.81. The Hall–Kier alpha value is -0.693. The van der Waals surface area contributed by atoms with Crippen LogP contribution in [0.15, 0.2) is 60.7 Å². The third kappa shape index (κ3) is 34.7. The van der Waals surface area contributed by atoms with Crippen LogP contribution < -0.4 is 103 Å². The Kier molecular flexibility index (Phi) is 53.5. The van der Waals surface area contributed by atoms with E-state index in [2.05, 4.69) is 69.3 Å². The van der Waals surface area contributed by atoms with Crippen LogP contribution in [0.25, 0.3) is 0 Å². The number of carbonyl (C=O) groups is 1. The summed E-state index contributed by atoms with van der Waals surface area (Å²) >= 11 is 1.27. The van der Waals surface area contributed by atoms with Gasteiger partial charge in [-0.15, -0.1) is 0 Å². The van der Waals surface area contributed by atoms with E-state index in [1.54, 1.807) is 77.1 Å². The number of hydrogen-bond acceptors (Lipinski definition) is 46. The molecule has 148 heavy (non-hydrogen) atoms. The molecular formula is C95H164ClINa2O48Si. The summed E-state index contributed by atoms with van der Waals surface area (Å²) in [5.74, 6) is -6.74. The Morgan fingerprint density at radius 2 is 0.682 bits per heavy atom. The van der Waals surface area contributed by atoms with Gasteiger partial charge in [0.25, 0.3) is 5.97 Å². The van der Waals surface area contributed by atoms with Crippen molar-refractivity contribution in [2.45, 2.75) is 425 Å². The number of carboxylic acid groups (broad SMARTS) is 1. The molecule has 16 saturated heterocycles. The Bertz CT molecular complexity index is 4000. The average molecular weight is 2310 g/mol. The number of ether oxygens (including phenoxy) is 32. The van der Waals surface area contributed by atoms with Crippen LogP contribution in [0.4, 0.5) is 0 Å². The van der Waals surface area contributed by atoms with E-state index in [0.717, 1.165) is 14.0 Å². The molecule has 16 aliphatic heterocycles. The van der Waals surface area contributed by atoms with Gasteiger partial charge in [0.1, 0.15) is 159 Å². The van der Waals surface area contributed by atoms with Crippen LogP contribution in [-0.2, 0) is 156 Å². The molecule has 48 nitrogen and oxygen atoms in total. The van der Waals surface area contributed by atoms with E-state index < -0.39 is 195 Å². The van der Waals surface area contributed by atoms with Gasteiger partial charge < -0.3 is 208 Å². The number of methoxy groups -OCH3 is 7. The summed E-state index contributed by atoms with van der Waals surface area (Å²) in [6.07, 6.45) is -10.3. The average Bonchev–Trinajstić information content (AvgIpc) is 1.64. The zero-order valence-corrected chi connectivity index (χ0v) is 99.5. The van der Waals surface area contributed by atoms with Crippen molar-refractivity contribution in [3.05, 3.63) is 60.7 Å². The second-order valence-corrected chi connectivity index (χ2v) is 49.1. The van der Waals surface area contributed by atoms with E-state index in [-0.39, 0.29) is 188 Å². The molecule has 2 aromatic rings. The van der Waals surface area contributed by atoms with Crippen LogP contribution in [0.1, 0.15) is 179 Å². The molecule has 16 aliphatic rings. The van der Waals surface area contributed by atoms with E-state index in [9.17, 15) is 30.6 Å². The minimum Gasteiger partial charge on any atom is -0.870 e. The molecule has 12 N–H and O–H groups in total. The maximum atomic E-state index is 10.3. The molecule has 53 heteroatoms. The topological polar surface area (TPSA) is 648 Å². The molecule has 16 heterocycles. The summed E-state index contributed by atoms with van der Waals surface area (Å²) in [5, 5.41) is 83.4. The van der Waals surface area contributed by atoms with Crippen LogP contribution in [0.3, 0.4) is 0 Å². The largest absolute Gasteiger partial charge is 1.00 e. The van der Waals surface area contributed by atoms with Crippen molar-refractivity contribution in [3.8, 4) is 0 Å². The molecule has 4 unspecified atom stereocenters. The third-order valence-corrected chi connectivity index (χ3v) is 33.0. The minimum absolute atomic E-state index is 0. The summed E-state index contributed by atoms with van der Waals surface area (Å²) in [6.45, 7) is 44.3. The number of rotatable bonds is 19. The van der Waals surface area contributed by atoms with Crippen LogP contribution in [-0.4, -0.2) is 415 Å². The SMILES string of the molecule is CC(=O)O.CC(C)(C)[Si](Cl)(c1ccccc1)c1ccccc1.CC1(C)OCC([C@H]2O[C@@H]3OC(C)(C)O[C@@H]3[C@H]2O)O1.CC[C@@]1(CO)O[C@@H]2OC(C)(C)O[C@@H]2[C@H]1OC.CC[C@]1(CO)O[C@@H]2OC(C)(C)O[C@@H]2[C@H]1OC.CO.COC1O[C@@H]2OC(C)(C)O[C@@H]2[C@H]1OC.CO[C@@H]1[C@H]2OC(C)(C)O[C@H]2OC1(CO)CO.CO[C@@H]1[C@H]2OC(C)(C)O[C@H]2O[C@@H]1C(O)CO.CO[C@@H]1[C@H]2OC(C)(C)O[C@H]2O[C@@H]1C1COC(C)(C)O1.O.[Na+].[Na+].[O-][I+3]([O-])([O-])[O-].[OH-]. The quantitative estimate of drug-likeness (QED) is 0.0358. The maximum absolute atomic E-state index is 10.3. The normalized spacial score (nSPS) is 37.5. The van der Waals surface area contributed by atoms with Gasteiger partial charge in [0, 0.05) is 63.8 Å². The Labute approximate surface area is 923 Å². The smallest absolute Gasteiger partial charge is 0.870 e. The van der Waals surface area contributed by atoms with Crippen molar-refractivity contribution in [2.24, 2.45) is 0 Å². The van der Waals surface area contributed by atoms with Gasteiger partial charge in [0.05, 0.1) is 46.2 Å². The van der Waals surface area contributed by atoms with E-state index in [0.29, 0.717) is 26.1 Å². The van der Waals surface area contributed by atoms with Crippen molar-refractivity contribution in [1.29, 1.82) is 0 Å². The van der Waals surface area contributed by atoms with Crippen LogP contribution >= 0.6 is 11.1 Å². The van der Waals surface area contributed by atoms with Gasteiger partial charge in [-0.1, -0.05) is 95.3 Å². The zero-order chi connectivity index (χ0) is 108. The number of carboxylic acids is 1. The Balaban J connectivity index is 0.000000346. The van der Waals surface area contributed by atoms with Gasteiger partial charge in [0.2, 0.25) is 7.38 Å². The van der Waals surface area contributed by atoms with E-state index in [1.165, 1.54) is 24.6 Å². The van der Waals surface area contributed by atoms with Crippen molar-refractivity contribution in [3.63, 3.8) is 0 Å². The number of fused-ring (bicyclic) bond motifs is 7. The predicted molar refractivity (Wildman–Crippen MR) is 498 cm³/mol. The molecule has 16 fully saturated rings. The molecule has 2 aromatic carbocycles. The van der Waals surface area contributed by atoms with Gasteiger partial charge in [-0.05, 0) is 153 Å². The minimum atomic E-state index is -5.94. The second kappa shape index (κ2) is 56.8. The van der Waals surface area contributed by atoms with Gasteiger partial charge in [-0.25, -0.2) is 0 Å². The summed E-state index contributed by atoms with van der Waals surface area (Å²) in [5.41, 5.74) is -2.57. The summed E-state index contributed by atoms with van der Waals surface area (Å²) < 4.78 is 213. The van der Waals surface area contributed by atoms with Crippen LogP contribution in [0, 0.1) is 0 Å². The molecule has 852 valence electrons. The number of aliphatic hydroxyl groups is 8. The first kappa shape index (κ1) is 140. The van der Waals surface area contributed by atoms with E-state index >= 15 is 0 Å².